The Morgan fingerprint density at radius 2 is 1.82 bits per heavy atom. The summed E-state index contributed by atoms with van der Waals surface area (Å²) in [5, 5.41) is 1.44. The van der Waals surface area contributed by atoms with Gasteiger partial charge in [-0.1, -0.05) is 29.8 Å². The summed E-state index contributed by atoms with van der Waals surface area (Å²) >= 11 is 0. The molecule has 0 fully saturated rings. The van der Waals surface area contributed by atoms with E-state index in [9.17, 15) is 0 Å². The summed E-state index contributed by atoms with van der Waals surface area (Å²) in [6, 6.07) is 8.53. The summed E-state index contributed by atoms with van der Waals surface area (Å²) in [7, 11) is 5.00. The Bertz CT molecular complexity index is 233. The summed E-state index contributed by atoms with van der Waals surface area (Å²) in [5.41, 5.74) is 1.39. The van der Waals surface area contributed by atoms with Gasteiger partial charge in [-0.25, -0.2) is 0 Å². The summed E-state index contributed by atoms with van der Waals surface area (Å²) in [4.78, 5) is 0. The van der Waals surface area contributed by atoms with Crippen LogP contribution in [0.2, 0.25) is 0 Å². The van der Waals surface area contributed by atoms with E-state index in [-0.39, 0.29) is 0 Å². The minimum atomic E-state index is 0.793. The highest BCUT2D eigenvalue weighted by molar-refractivity contribution is 6.51. The minimum Gasteiger partial charge on any atom is -0.327 e. The van der Waals surface area contributed by atoms with Gasteiger partial charge in [-0.3, -0.25) is 0 Å². The van der Waals surface area contributed by atoms with E-state index in [0.29, 0.717) is 0 Å². The Morgan fingerprint density at radius 3 is 2.36 bits per heavy atom. The lowest BCUT2D eigenvalue weighted by atomic mass is 10.2. The number of hydrogen-bond donors (Lipinski definition) is 0. The zero-order chi connectivity index (χ0) is 8.27. The molecule has 1 aromatic rings. The van der Waals surface area contributed by atoms with Gasteiger partial charge in [0.05, 0.1) is 0 Å². The first-order valence-corrected chi connectivity index (χ1v) is 4.64. The highest BCUT2D eigenvalue weighted by atomic mass is 28.2. The fraction of sp³-hybridized carbons (Fsp3) is 0.333. The molecule has 2 radical (unpaired) electrons. The second-order valence-electron chi connectivity index (χ2n) is 2.82. The van der Waals surface area contributed by atoms with E-state index in [1.807, 2.05) is 0 Å². The van der Waals surface area contributed by atoms with Crippen LogP contribution in [0.25, 0.3) is 0 Å². The van der Waals surface area contributed by atoms with Crippen molar-refractivity contribution in [2.75, 3.05) is 14.1 Å². The molecule has 1 rings (SSSR count). The molecule has 58 valence electrons. The Labute approximate surface area is 70.9 Å². The van der Waals surface area contributed by atoms with Crippen molar-refractivity contribution in [2.24, 2.45) is 0 Å². The predicted molar refractivity (Wildman–Crippen MR) is 50.3 cm³/mol. The third kappa shape index (κ3) is 2.48. The van der Waals surface area contributed by atoms with Crippen molar-refractivity contribution < 1.29 is 0 Å². The molecule has 0 bridgehead atoms. The molecule has 2 heteroatoms. The van der Waals surface area contributed by atoms with Crippen molar-refractivity contribution in [2.45, 2.75) is 6.92 Å². The highest BCUT2D eigenvalue weighted by Gasteiger charge is 1.99. The van der Waals surface area contributed by atoms with Crippen LogP contribution in [0.3, 0.4) is 0 Å². The van der Waals surface area contributed by atoms with Gasteiger partial charge in [0.25, 0.3) is 0 Å². The van der Waals surface area contributed by atoms with Crippen LogP contribution in [0.15, 0.2) is 24.3 Å². The van der Waals surface area contributed by atoms with Crippen LogP contribution in [0.5, 0.6) is 0 Å². The van der Waals surface area contributed by atoms with Gasteiger partial charge in [0.2, 0.25) is 0 Å². The van der Waals surface area contributed by atoms with E-state index >= 15 is 0 Å². The van der Waals surface area contributed by atoms with Gasteiger partial charge in [0, 0.05) is 0 Å². The number of rotatable bonds is 2. The molecule has 0 amide bonds. The van der Waals surface area contributed by atoms with E-state index < -0.39 is 0 Å². The van der Waals surface area contributed by atoms with Gasteiger partial charge < -0.3 is 4.57 Å². The van der Waals surface area contributed by atoms with Crippen molar-refractivity contribution >= 4 is 14.9 Å². The highest BCUT2D eigenvalue weighted by Crippen LogP contribution is 1.91. The molecule has 0 atom stereocenters. The molecule has 0 saturated carbocycles. The van der Waals surface area contributed by atoms with Gasteiger partial charge in [-0.2, -0.15) is 0 Å². The topological polar surface area (TPSA) is 3.24 Å². The molecule has 0 aliphatic carbocycles. The van der Waals surface area contributed by atoms with E-state index in [0.717, 1.165) is 9.68 Å². The summed E-state index contributed by atoms with van der Waals surface area (Å²) in [5.74, 6) is 0. The van der Waals surface area contributed by atoms with Crippen LogP contribution in [0.1, 0.15) is 5.56 Å². The monoisotopic (exact) mass is 163 g/mol. The molecule has 0 aliphatic rings. The fourth-order valence-corrected chi connectivity index (χ4v) is 1.85. The maximum absolute atomic E-state index is 2.21. The molecule has 0 saturated heterocycles. The molecule has 0 aromatic heterocycles. The molecule has 0 aliphatic heterocycles. The Balaban J connectivity index is 2.78. The molecule has 11 heavy (non-hydrogen) atoms. The zero-order valence-electron chi connectivity index (χ0n) is 7.26. The SMILES string of the molecule is Cc1ccccc1[Si]N(C)C. The van der Waals surface area contributed by atoms with Crippen LogP contribution in [-0.4, -0.2) is 28.3 Å². The first kappa shape index (κ1) is 8.49. The third-order valence-corrected chi connectivity index (χ3v) is 2.74. The van der Waals surface area contributed by atoms with E-state index in [1.54, 1.807) is 0 Å². The molecule has 1 aromatic carbocycles. The number of hydrogen-bond acceptors (Lipinski definition) is 1. The quantitative estimate of drug-likeness (QED) is 0.583. The molecule has 0 heterocycles. The van der Waals surface area contributed by atoms with Crippen molar-refractivity contribution in [1.82, 2.24) is 4.57 Å². The number of nitrogens with zero attached hydrogens (tertiary/aromatic N) is 1. The normalized spacial score (nSPS) is 10.5. The first-order valence-electron chi connectivity index (χ1n) is 3.70. The molecule has 0 N–H and O–H groups in total. The van der Waals surface area contributed by atoms with Crippen LogP contribution in [0, 0.1) is 6.92 Å². The van der Waals surface area contributed by atoms with Crippen LogP contribution >= 0.6 is 0 Å². The minimum absolute atomic E-state index is 0.793. The summed E-state index contributed by atoms with van der Waals surface area (Å²) in [6.45, 7) is 2.16. The van der Waals surface area contributed by atoms with E-state index in [4.69, 9.17) is 0 Å². The Morgan fingerprint density at radius 1 is 1.18 bits per heavy atom. The second-order valence-corrected chi connectivity index (χ2v) is 4.48. The maximum Gasteiger partial charge on any atom is 0.182 e. The molecular formula is C9H13NSi. The van der Waals surface area contributed by atoms with E-state index in [1.165, 1.54) is 10.8 Å². The van der Waals surface area contributed by atoms with Crippen LogP contribution in [-0.2, 0) is 0 Å². The lowest BCUT2D eigenvalue weighted by Crippen LogP contribution is -2.30. The summed E-state index contributed by atoms with van der Waals surface area (Å²) < 4.78 is 2.21. The molecular weight excluding hydrogens is 150 g/mol. The molecule has 0 unspecified atom stereocenters. The van der Waals surface area contributed by atoms with Crippen molar-refractivity contribution in [1.29, 1.82) is 0 Å². The number of benzene rings is 1. The Hall–Kier alpha value is -0.603. The smallest absolute Gasteiger partial charge is 0.182 e. The van der Waals surface area contributed by atoms with Crippen LogP contribution < -0.4 is 5.19 Å². The third-order valence-electron chi connectivity index (χ3n) is 1.49. The largest absolute Gasteiger partial charge is 0.327 e. The lowest BCUT2D eigenvalue weighted by molar-refractivity contribution is 0.669. The zero-order valence-corrected chi connectivity index (χ0v) is 8.26. The van der Waals surface area contributed by atoms with E-state index in [2.05, 4.69) is 49.9 Å². The Kier molecular flexibility index (Phi) is 2.85. The van der Waals surface area contributed by atoms with Gasteiger partial charge in [-0.05, 0) is 26.2 Å². The average molecular weight is 163 g/mol. The second kappa shape index (κ2) is 3.69. The van der Waals surface area contributed by atoms with Gasteiger partial charge in [0.1, 0.15) is 0 Å². The lowest BCUT2D eigenvalue weighted by Gasteiger charge is -2.09. The standard InChI is InChI=1S/C9H13NSi/c1-8-6-4-5-7-9(8)11-10(2)3/h4-7H,1-3H3. The average Bonchev–Trinajstić information content (AvgIpc) is 1.93. The van der Waals surface area contributed by atoms with Crippen molar-refractivity contribution in [3.05, 3.63) is 29.8 Å². The van der Waals surface area contributed by atoms with Crippen LogP contribution in [0.4, 0.5) is 0 Å². The molecule has 0 spiro atoms. The predicted octanol–water partition coefficient (Wildman–Crippen LogP) is 0.801. The maximum atomic E-state index is 2.21. The van der Waals surface area contributed by atoms with Gasteiger partial charge in [-0.15, -0.1) is 0 Å². The van der Waals surface area contributed by atoms with Crippen molar-refractivity contribution in [3.8, 4) is 0 Å². The summed E-state index contributed by atoms with van der Waals surface area (Å²) in [6.07, 6.45) is 0. The fourth-order valence-electron chi connectivity index (χ4n) is 0.939. The van der Waals surface area contributed by atoms with Gasteiger partial charge >= 0.3 is 0 Å². The number of aryl methyl sites for hydroxylation is 1. The first-order chi connectivity index (χ1) is 5.20. The van der Waals surface area contributed by atoms with Gasteiger partial charge in [0.15, 0.2) is 9.68 Å². The van der Waals surface area contributed by atoms with Crippen molar-refractivity contribution in [3.63, 3.8) is 0 Å². The molecule has 1 nitrogen and oxygen atoms in total.